The molecule has 3 heterocycles. The fourth-order valence-corrected chi connectivity index (χ4v) is 2.92. The minimum atomic E-state index is -0.0744. The SMILES string of the molecule is CC(Cc1cccs1)n1cnc2cccnc2c1=O. The summed E-state index contributed by atoms with van der Waals surface area (Å²) in [4.78, 5) is 22.1. The highest BCUT2D eigenvalue weighted by Gasteiger charge is 2.11. The normalized spacial score (nSPS) is 12.7. The van der Waals surface area contributed by atoms with Gasteiger partial charge in [-0.05, 0) is 30.5 Å². The molecule has 0 N–H and O–H groups in total. The van der Waals surface area contributed by atoms with Crippen molar-refractivity contribution in [3.8, 4) is 0 Å². The lowest BCUT2D eigenvalue weighted by atomic mass is 10.2. The molecule has 0 aromatic carbocycles. The van der Waals surface area contributed by atoms with Crippen LogP contribution in [-0.4, -0.2) is 14.5 Å². The summed E-state index contributed by atoms with van der Waals surface area (Å²) in [6.45, 7) is 2.03. The van der Waals surface area contributed by atoms with E-state index in [1.54, 1.807) is 40.6 Å². The molecule has 19 heavy (non-hydrogen) atoms. The summed E-state index contributed by atoms with van der Waals surface area (Å²) >= 11 is 1.70. The highest BCUT2D eigenvalue weighted by atomic mass is 32.1. The van der Waals surface area contributed by atoms with E-state index in [0.29, 0.717) is 11.0 Å². The van der Waals surface area contributed by atoms with Gasteiger partial charge in [-0.25, -0.2) is 9.97 Å². The monoisotopic (exact) mass is 271 g/mol. The second-order valence-corrected chi connectivity index (χ2v) is 5.49. The molecule has 96 valence electrons. The van der Waals surface area contributed by atoms with Crippen molar-refractivity contribution in [2.24, 2.45) is 0 Å². The molecule has 0 spiro atoms. The van der Waals surface area contributed by atoms with Gasteiger partial charge in [0, 0.05) is 23.5 Å². The largest absolute Gasteiger partial charge is 0.294 e. The molecule has 0 saturated heterocycles. The van der Waals surface area contributed by atoms with Crippen LogP contribution in [0.25, 0.3) is 11.0 Å². The van der Waals surface area contributed by atoms with E-state index in [1.165, 1.54) is 4.88 Å². The predicted octanol–water partition coefficient (Wildman–Crippen LogP) is 2.66. The van der Waals surface area contributed by atoms with Gasteiger partial charge in [0.2, 0.25) is 0 Å². The van der Waals surface area contributed by atoms with Crippen LogP contribution in [0.2, 0.25) is 0 Å². The van der Waals surface area contributed by atoms with E-state index in [-0.39, 0.29) is 11.6 Å². The summed E-state index contributed by atoms with van der Waals surface area (Å²) in [6.07, 6.45) is 4.07. The quantitative estimate of drug-likeness (QED) is 0.735. The first-order valence-corrected chi connectivity index (χ1v) is 6.98. The minimum Gasteiger partial charge on any atom is -0.294 e. The Labute approximate surface area is 114 Å². The van der Waals surface area contributed by atoms with Crippen molar-refractivity contribution in [1.29, 1.82) is 0 Å². The van der Waals surface area contributed by atoms with Crippen molar-refractivity contribution >= 4 is 22.4 Å². The van der Waals surface area contributed by atoms with Gasteiger partial charge in [0.1, 0.15) is 0 Å². The van der Waals surface area contributed by atoms with Crippen molar-refractivity contribution in [2.45, 2.75) is 19.4 Å². The lowest BCUT2D eigenvalue weighted by Gasteiger charge is -2.13. The molecule has 0 aliphatic rings. The number of pyridine rings is 1. The molecule has 5 heteroatoms. The number of hydrogen-bond acceptors (Lipinski definition) is 4. The minimum absolute atomic E-state index is 0.0741. The third-order valence-electron chi connectivity index (χ3n) is 3.10. The molecule has 0 bridgehead atoms. The summed E-state index contributed by atoms with van der Waals surface area (Å²) in [7, 11) is 0. The van der Waals surface area contributed by atoms with Crippen molar-refractivity contribution in [3.05, 3.63) is 57.4 Å². The summed E-state index contributed by atoms with van der Waals surface area (Å²) < 4.78 is 1.66. The Bertz CT molecular complexity index is 749. The van der Waals surface area contributed by atoms with E-state index in [1.807, 2.05) is 18.4 Å². The predicted molar refractivity (Wildman–Crippen MR) is 76.5 cm³/mol. The van der Waals surface area contributed by atoms with Crippen LogP contribution in [0, 0.1) is 0 Å². The Kier molecular flexibility index (Phi) is 3.13. The molecule has 3 aromatic heterocycles. The molecule has 1 atom stereocenters. The van der Waals surface area contributed by atoms with Gasteiger partial charge in [-0.15, -0.1) is 11.3 Å². The molecule has 3 rings (SSSR count). The Morgan fingerprint density at radius 1 is 1.32 bits per heavy atom. The summed E-state index contributed by atoms with van der Waals surface area (Å²) in [6, 6.07) is 7.77. The van der Waals surface area contributed by atoms with Gasteiger partial charge in [-0.1, -0.05) is 6.07 Å². The fourth-order valence-electron chi connectivity index (χ4n) is 2.10. The molecule has 0 aliphatic heterocycles. The van der Waals surface area contributed by atoms with Crippen LogP contribution < -0.4 is 5.56 Å². The lowest BCUT2D eigenvalue weighted by molar-refractivity contribution is 0.526. The van der Waals surface area contributed by atoms with Crippen molar-refractivity contribution in [1.82, 2.24) is 14.5 Å². The molecule has 1 unspecified atom stereocenters. The molecule has 0 saturated carbocycles. The van der Waals surface area contributed by atoms with Gasteiger partial charge >= 0.3 is 0 Å². The van der Waals surface area contributed by atoms with Gasteiger partial charge in [0.05, 0.1) is 11.8 Å². The summed E-state index contributed by atoms with van der Waals surface area (Å²) in [5.74, 6) is 0. The van der Waals surface area contributed by atoms with Gasteiger partial charge < -0.3 is 0 Å². The highest BCUT2D eigenvalue weighted by molar-refractivity contribution is 7.09. The second kappa shape index (κ2) is 4.93. The number of thiophene rings is 1. The van der Waals surface area contributed by atoms with E-state index < -0.39 is 0 Å². The Morgan fingerprint density at radius 3 is 3.00 bits per heavy atom. The van der Waals surface area contributed by atoms with Gasteiger partial charge in [0.25, 0.3) is 5.56 Å². The maximum Gasteiger partial charge on any atom is 0.280 e. The molecule has 0 radical (unpaired) electrons. The average Bonchev–Trinajstić information content (AvgIpc) is 2.92. The molecule has 0 fully saturated rings. The van der Waals surface area contributed by atoms with E-state index in [9.17, 15) is 4.79 Å². The third-order valence-corrected chi connectivity index (χ3v) is 4.00. The molecule has 3 aromatic rings. The summed E-state index contributed by atoms with van der Waals surface area (Å²) in [5.41, 5.74) is 1.00. The number of aromatic nitrogens is 3. The first kappa shape index (κ1) is 12.0. The zero-order chi connectivity index (χ0) is 13.2. The first-order valence-electron chi connectivity index (χ1n) is 6.10. The summed E-state index contributed by atoms with van der Waals surface area (Å²) in [5, 5.41) is 2.05. The van der Waals surface area contributed by atoms with Crippen molar-refractivity contribution < 1.29 is 0 Å². The molecule has 0 amide bonds. The molecule has 4 nitrogen and oxygen atoms in total. The van der Waals surface area contributed by atoms with Crippen LogP contribution in [0.1, 0.15) is 17.8 Å². The van der Waals surface area contributed by atoms with Crippen LogP contribution in [0.5, 0.6) is 0 Å². The zero-order valence-electron chi connectivity index (χ0n) is 10.5. The van der Waals surface area contributed by atoms with E-state index >= 15 is 0 Å². The van der Waals surface area contributed by atoms with Crippen LogP contribution >= 0.6 is 11.3 Å². The number of hydrogen-bond donors (Lipinski definition) is 0. The lowest BCUT2D eigenvalue weighted by Crippen LogP contribution is -2.25. The molecule has 0 aliphatic carbocycles. The van der Waals surface area contributed by atoms with E-state index in [2.05, 4.69) is 16.0 Å². The Hall–Kier alpha value is -2.01. The number of nitrogens with zero attached hydrogens (tertiary/aromatic N) is 3. The zero-order valence-corrected chi connectivity index (χ0v) is 11.3. The first-order chi connectivity index (χ1) is 9.25. The number of fused-ring (bicyclic) bond motifs is 1. The maximum absolute atomic E-state index is 12.4. The second-order valence-electron chi connectivity index (χ2n) is 4.46. The van der Waals surface area contributed by atoms with Crippen molar-refractivity contribution in [2.75, 3.05) is 0 Å². The van der Waals surface area contributed by atoms with E-state index in [0.717, 1.165) is 6.42 Å². The maximum atomic E-state index is 12.4. The smallest absolute Gasteiger partial charge is 0.280 e. The molecular formula is C14H13N3OS. The van der Waals surface area contributed by atoms with Crippen LogP contribution in [0.4, 0.5) is 0 Å². The van der Waals surface area contributed by atoms with Gasteiger partial charge in [-0.2, -0.15) is 0 Å². The highest BCUT2D eigenvalue weighted by Crippen LogP contribution is 2.17. The Morgan fingerprint density at radius 2 is 2.21 bits per heavy atom. The van der Waals surface area contributed by atoms with Gasteiger partial charge in [0.15, 0.2) is 5.52 Å². The standard InChI is InChI=1S/C14H13N3OS/c1-10(8-11-4-3-7-19-11)17-9-16-12-5-2-6-15-13(12)14(17)18/h2-7,9-10H,8H2,1H3. The Balaban J connectivity index is 2.01. The van der Waals surface area contributed by atoms with Crippen molar-refractivity contribution in [3.63, 3.8) is 0 Å². The average molecular weight is 271 g/mol. The third kappa shape index (κ3) is 2.29. The van der Waals surface area contributed by atoms with Gasteiger partial charge in [-0.3, -0.25) is 9.36 Å². The van der Waals surface area contributed by atoms with E-state index in [4.69, 9.17) is 0 Å². The number of rotatable bonds is 3. The molecular weight excluding hydrogens is 258 g/mol. The van der Waals surface area contributed by atoms with Crippen LogP contribution in [-0.2, 0) is 6.42 Å². The topological polar surface area (TPSA) is 47.8 Å². The van der Waals surface area contributed by atoms with Crippen LogP contribution in [0.15, 0.2) is 47.0 Å². The fraction of sp³-hybridized carbons (Fsp3) is 0.214. The van der Waals surface area contributed by atoms with Crippen LogP contribution in [0.3, 0.4) is 0 Å².